The Kier molecular flexibility index (Phi) is 3.89. The molecule has 0 aliphatic heterocycles. The van der Waals surface area contributed by atoms with Crippen molar-refractivity contribution in [3.8, 4) is 5.75 Å². The number of amides is 1. The SMILES string of the molecule is O=C(Nc1ccc(OS(=O)(=O)F)cc1)c1cncnc1. The number of hydrogen-bond acceptors (Lipinski definition) is 6. The van der Waals surface area contributed by atoms with E-state index in [1.807, 2.05) is 0 Å². The number of benzene rings is 1. The normalized spacial score (nSPS) is 10.8. The Morgan fingerprint density at radius 1 is 1.15 bits per heavy atom. The quantitative estimate of drug-likeness (QED) is 0.855. The summed E-state index contributed by atoms with van der Waals surface area (Å²) in [6.07, 6.45) is 3.98. The van der Waals surface area contributed by atoms with Crippen LogP contribution in [0.25, 0.3) is 0 Å². The molecule has 0 fully saturated rings. The summed E-state index contributed by atoms with van der Waals surface area (Å²) in [4.78, 5) is 19.2. The van der Waals surface area contributed by atoms with Crippen LogP contribution in [0.2, 0.25) is 0 Å². The third-order valence-electron chi connectivity index (χ3n) is 2.13. The Hall–Kier alpha value is -2.55. The van der Waals surface area contributed by atoms with Crippen molar-refractivity contribution in [1.29, 1.82) is 0 Å². The maximum atomic E-state index is 12.3. The van der Waals surface area contributed by atoms with Gasteiger partial charge in [0.05, 0.1) is 5.56 Å². The predicted octanol–water partition coefficient (Wildman–Crippen LogP) is 1.32. The van der Waals surface area contributed by atoms with E-state index in [9.17, 15) is 17.1 Å². The van der Waals surface area contributed by atoms with Gasteiger partial charge in [-0.3, -0.25) is 4.79 Å². The molecule has 0 saturated heterocycles. The molecule has 7 nitrogen and oxygen atoms in total. The fraction of sp³-hybridized carbons (Fsp3) is 0. The van der Waals surface area contributed by atoms with E-state index in [-0.39, 0.29) is 11.3 Å². The molecule has 0 aliphatic rings. The molecule has 0 spiro atoms. The number of nitrogens with one attached hydrogen (secondary N) is 1. The molecule has 0 radical (unpaired) electrons. The average Bonchev–Trinajstić information content (AvgIpc) is 2.40. The molecule has 9 heteroatoms. The van der Waals surface area contributed by atoms with Crippen molar-refractivity contribution in [3.05, 3.63) is 48.5 Å². The Labute approximate surface area is 113 Å². The fourth-order valence-electron chi connectivity index (χ4n) is 1.33. The zero-order chi connectivity index (χ0) is 14.6. The second-order valence-electron chi connectivity index (χ2n) is 3.58. The van der Waals surface area contributed by atoms with Crippen LogP contribution < -0.4 is 9.50 Å². The number of carbonyl (C=O) groups is 1. The maximum absolute atomic E-state index is 12.3. The lowest BCUT2D eigenvalue weighted by Crippen LogP contribution is -2.12. The van der Waals surface area contributed by atoms with Gasteiger partial charge in [0.25, 0.3) is 5.91 Å². The van der Waals surface area contributed by atoms with Crippen molar-refractivity contribution in [2.75, 3.05) is 5.32 Å². The molecule has 1 amide bonds. The first-order valence-corrected chi connectivity index (χ1v) is 6.55. The van der Waals surface area contributed by atoms with Gasteiger partial charge in [0.15, 0.2) is 0 Å². The Bertz CT molecular complexity index is 704. The van der Waals surface area contributed by atoms with Crippen LogP contribution in [0.5, 0.6) is 5.75 Å². The predicted molar refractivity (Wildman–Crippen MR) is 67.1 cm³/mol. The van der Waals surface area contributed by atoms with E-state index in [4.69, 9.17) is 0 Å². The largest absolute Gasteiger partial charge is 0.488 e. The second-order valence-corrected chi connectivity index (χ2v) is 4.53. The summed E-state index contributed by atoms with van der Waals surface area (Å²) < 4.78 is 36.8. The molecule has 0 unspecified atom stereocenters. The van der Waals surface area contributed by atoms with Gasteiger partial charge in [-0.05, 0) is 24.3 Å². The summed E-state index contributed by atoms with van der Waals surface area (Å²) >= 11 is 0. The topological polar surface area (TPSA) is 98.2 Å². The van der Waals surface area contributed by atoms with E-state index in [0.717, 1.165) is 0 Å². The highest BCUT2D eigenvalue weighted by Gasteiger charge is 2.10. The fourth-order valence-corrected chi connectivity index (χ4v) is 1.67. The van der Waals surface area contributed by atoms with Gasteiger partial charge in [-0.2, -0.15) is 8.42 Å². The molecule has 2 aromatic rings. The first-order valence-electron chi connectivity index (χ1n) is 5.24. The second kappa shape index (κ2) is 5.61. The monoisotopic (exact) mass is 297 g/mol. The first kappa shape index (κ1) is 13.9. The van der Waals surface area contributed by atoms with Crippen LogP contribution >= 0.6 is 0 Å². The zero-order valence-electron chi connectivity index (χ0n) is 9.86. The summed E-state index contributed by atoms with van der Waals surface area (Å²) in [5.41, 5.74) is 0.640. The van der Waals surface area contributed by atoms with Gasteiger partial charge in [0, 0.05) is 18.1 Å². The highest BCUT2D eigenvalue weighted by atomic mass is 32.3. The minimum absolute atomic E-state index is 0.200. The molecule has 1 N–H and O–H groups in total. The Morgan fingerprint density at radius 3 is 2.30 bits per heavy atom. The van der Waals surface area contributed by atoms with Crippen LogP contribution in [0, 0.1) is 0 Å². The minimum Gasteiger partial charge on any atom is -0.358 e. The Morgan fingerprint density at radius 2 is 1.75 bits per heavy atom. The smallest absolute Gasteiger partial charge is 0.358 e. The van der Waals surface area contributed by atoms with Crippen LogP contribution in [0.3, 0.4) is 0 Å². The van der Waals surface area contributed by atoms with E-state index < -0.39 is 16.4 Å². The van der Waals surface area contributed by atoms with Crippen molar-refractivity contribution in [2.45, 2.75) is 0 Å². The van der Waals surface area contributed by atoms with Gasteiger partial charge in [-0.15, -0.1) is 0 Å². The lowest BCUT2D eigenvalue weighted by atomic mass is 10.2. The molecule has 2 rings (SSSR count). The van der Waals surface area contributed by atoms with E-state index in [0.29, 0.717) is 5.69 Å². The third-order valence-corrected chi connectivity index (χ3v) is 2.52. The minimum atomic E-state index is -5.06. The summed E-state index contributed by atoms with van der Waals surface area (Å²) in [6.45, 7) is 0. The molecular formula is C11H8FN3O4S. The van der Waals surface area contributed by atoms with Gasteiger partial charge in [-0.1, -0.05) is 3.89 Å². The van der Waals surface area contributed by atoms with E-state index in [1.165, 1.54) is 43.0 Å². The number of halogens is 1. The molecule has 1 aromatic carbocycles. The average molecular weight is 297 g/mol. The van der Waals surface area contributed by atoms with Gasteiger partial charge < -0.3 is 9.50 Å². The number of aromatic nitrogens is 2. The highest BCUT2D eigenvalue weighted by Crippen LogP contribution is 2.18. The van der Waals surface area contributed by atoms with E-state index >= 15 is 0 Å². The summed E-state index contributed by atoms with van der Waals surface area (Å²) in [7, 11) is -5.06. The first-order chi connectivity index (χ1) is 9.44. The summed E-state index contributed by atoms with van der Waals surface area (Å²) in [6, 6.07) is 5.13. The lowest BCUT2D eigenvalue weighted by molar-refractivity contribution is 0.102. The molecular weight excluding hydrogens is 289 g/mol. The van der Waals surface area contributed by atoms with E-state index in [2.05, 4.69) is 19.5 Å². The van der Waals surface area contributed by atoms with Crippen molar-refractivity contribution in [1.82, 2.24) is 9.97 Å². The van der Waals surface area contributed by atoms with Crippen LogP contribution in [-0.4, -0.2) is 24.3 Å². The molecule has 0 aliphatic carbocycles. The van der Waals surface area contributed by atoms with Crippen molar-refractivity contribution < 1.29 is 21.3 Å². The summed E-state index contributed by atoms with van der Waals surface area (Å²) in [5, 5.41) is 2.53. The van der Waals surface area contributed by atoms with Gasteiger partial charge in [-0.25, -0.2) is 9.97 Å². The number of carbonyl (C=O) groups excluding carboxylic acids is 1. The molecule has 0 saturated carbocycles. The zero-order valence-corrected chi connectivity index (χ0v) is 10.7. The van der Waals surface area contributed by atoms with Crippen molar-refractivity contribution in [2.24, 2.45) is 0 Å². The molecule has 20 heavy (non-hydrogen) atoms. The van der Waals surface area contributed by atoms with Gasteiger partial charge in [0.1, 0.15) is 12.1 Å². The molecule has 0 atom stereocenters. The molecule has 1 heterocycles. The molecule has 0 bridgehead atoms. The number of nitrogens with zero attached hydrogens (tertiary/aromatic N) is 2. The van der Waals surface area contributed by atoms with Gasteiger partial charge in [0.2, 0.25) is 0 Å². The maximum Gasteiger partial charge on any atom is 0.488 e. The lowest BCUT2D eigenvalue weighted by Gasteiger charge is -2.05. The van der Waals surface area contributed by atoms with Crippen LogP contribution in [0.1, 0.15) is 10.4 Å². The standard InChI is InChI=1S/C11H8FN3O4S/c12-20(17,18)19-10-3-1-9(2-4-10)15-11(16)8-5-13-7-14-6-8/h1-7H,(H,15,16). The van der Waals surface area contributed by atoms with Crippen LogP contribution in [0.4, 0.5) is 9.57 Å². The van der Waals surface area contributed by atoms with Crippen LogP contribution in [0.15, 0.2) is 43.0 Å². The molecule has 104 valence electrons. The third kappa shape index (κ3) is 3.99. The number of rotatable bonds is 4. The highest BCUT2D eigenvalue weighted by molar-refractivity contribution is 7.81. The number of anilines is 1. The number of hydrogen-bond donors (Lipinski definition) is 1. The van der Waals surface area contributed by atoms with E-state index in [1.54, 1.807) is 0 Å². The van der Waals surface area contributed by atoms with Crippen molar-refractivity contribution >= 4 is 22.1 Å². The Balaban J connectivity index is 2.06. The summed E-state index contributed by atoms with van der Waals surface area (Å²) in [5.74, 6) is -0.633. The van der Waals surface area contributed by atoms with Crippen molar-refractivity contribution in [3.63, 3.8) is 0 Å². The van der Waals surface area contributed by atoms with Gasteiger partial charge >= 0.3 is 10.5 Å². The molecule has 1 aromatic heterocycles. The van der Waals surface area contributed by atoms with Crippen LogP contribution in [-0.2, 0) is 10.5 Å².